The van der Waals surface area contributed by atoms with Crippen LogP contribution in [0.15, 0.2) is 53.7 Å². The van der Waals surface area contributed by atoms with Crippen molar-refractivity contribution in [1.82, 2.24) is 5.32 Å². The van der Waals surface area contributed by atoms with E-state index in [-0.39, 0.29) is 0 Å². The van der Waals surface area contributed by atoms with Crippen LogP contribution in [-0.2, 0) is 13.0 Å². The average molecular weight is 287 g/mol. The van der Waals surface area contributed by atoms with Crippen LogP contribution in [0.2, 0.25) is 0 Å². The first-order valence-electron chi connectivity index (χ1n) is 6.85. The molecule has 1 N–H and O–H groups in total. The first-order chi connectivity index (χ1) is 9.79. The minimum absolute atomic E-state index is 0.442. The van der Waals surface area contributed by atoms with Crippen molar-refractivity contribution in [1.29, 1.82) is 0 Å². The van der Waals surface area contributed by atoms with Gasteiger partial charge in [-0.05, 0) is 41.8 Å². The molecule has 3 heteroatoms. The van der Waals surface area contributed by atoms with Crippen molar-refractivity contribution in [3.63, 3.8) is 0 Å². The summed E-state index contributed by atoms with van der Waals surface area (Å²) in [5.74, 6) is 0.933. The molecule has 1 aromatic heterocycles. The Kier molecular flexibility index (Phi) is 5.84. The minimum Gasteiger partial charge on any atom is -0.489 e. The van der Waals surface area contributed by atoms with E-state index < -0.39 is 0 Å². The van der Waals surface area contributed by atoms with Crippen LogP contribution in [0, 0.1) is 0 Å². The van der Waals surface area contributed by atoms with Crippen LogP contribution in [0.5, 0.6) is 5.75 Å². The van der Waals surface area contributed by atoms with Gasteiger partial charge in [0, 0.05) is 18.2 Å². The van der Waals surface area contributed by atoms with Crippen molar-refractivity contribution in [3.05, 3.63) is 64.9 Å². The average Bonchev–Trinajstić information content (AvgIpc) is 2.96. The van der Waals surface area contributed by atoms with E-state index in [0.29, 0.717) is 12.6 Å². The Hall–Kier alpha value is -1.58. The molecule has 1 atom stereocenters. The number of thiophene rings is 1. The van der Waals surface area contributed by atoms with Crippen molar-refractivity contribution in [3.8, 4) is 5.75 Å². The van der Waals surface area contributed by atoms with Gasteiger partial charge in [0.1, 0.15) is 12.4 Å². The van der Waals surface area contributed by atoms with Gasteiger partial charge in [0.2, 0.25) is 0 Å². The number of para-hydroxylation sites is 1. The Morgan fingerprint density at radius 1 is 1.35 bits per heavy atom. The SMILES string of the molecule is C=CCOc1ccccc1CNC(C)Cc1ccsc1. The zero-order valence-corrected chi connectivity index (χ0v) is 12.7. The fourth-order valence-corrected chi connectivity index (χ4v) is 2.74. The molecule has 0 aliphatic rings. The Bertz CT molecular complexity index is 522. The molecule has 20 heavy (non-hydrogen) atoms. The highest BCUT2D eigenvalue weighted by molar-refractivity contribution is 7.07. The maximum Gasteiger partial charge on any atom is 0.124 e. The summed E-state index contributed by atoms with van der Waals surface area (Å²) < 4.78 is 5.67. The van der Waals surface area contributed by atoms with Crippen LogP contribution in [0.25, 0.3) is 0 Å². The smallest absolute Gasteiger partial charge is 0.124 e. The third kappa shape index (κ3) is 4.51. The predicted molar refractivity (Wildman–Crippen MR) is 86.5 cm³/mol. The number of benzene rings is 1. The topological polar surface area (TPSA) is 21.3 Å². The van der Waals surface area contributed by atoms with Crippen molar-refractivity contribution < 1.29 is 4.74 Å². The van der Waals surface area contributed by atoms with Crippen molar-refractivity contribution in [2.45, 2.75) is 25.9 Å². The van der Waals surface area contributed by atoms with Crippen molar-refractivity contribution in [2.75, 3.05) is 6.61 Å². The van der Waals surface area contributed by atoms with Crippen LogP contribution >= 0.6 is 11.3 Å². The van der Waals surface area contributed by atoms with Gasteiger partial charge in [-0.2, -0.15) is 11.3 Å². The largest absolute Gasteiger partial charge is 0.489 e. The van der Waals surface area contributed by atoms with Gasteiger partial charge in [0.15, 0.2) is 0 Å². The molecule has 2 rings (SSSR count). The first kappa shape index (κ1) is 14.8. The van der Waals surface area contributed by atoms with Gasteiger partial charge in [-0.3, -0.25) is 0 Å². The second-order valence-electron chi connectivity index (χ2n) is 4.83. The summed E-state index contributed by atoms with van der Waals surface area (Å²) in [6, 6.07) is 10.8. The highest BCUT2D eigenvalue weighted by atomic mass is 32.1. The number of hydrogen-bond acceptors (Lipinski definition) is 3. The molecule has 1 aromatic carbocycles. The normalized spacial score (nSPS) is 12.1. The third-order valence-electron chi connectivity index (χ3n) is 3.09. The monoisotopic (exact) mass is 287 g/mol. The van der Waals surface area contributed by atoms with Crippen LogP contribution in [-0.4, -0.2) is 12.6 Å². The van der Waals surface area contributed by atoms with Crippen molar-refractivity contribution >= 4 is 11.3 Å². The van der Waals surface area contributed by atoms with Gasteiger partial charge in [-0.1, -0.05) is 30.9 Å². The Morgan fingerprint density at radius 3 is 2.95 bits per heavy atom. The summed E-state index contributed by atoms with van der Waals surface area (Å²) in [7, 11) is 0. The van der Waals surface area contributed by atoms with E-state index in [9.17, 15) is 0 Å². The van der Waals surface area contributed by atoms with E-state index in [1.807, 2.05) is 18.2 Å². The minimum atomic E-state index is 0.442. The van der Waals surface area contributed by atoms with E-state index in [1.54, 1.807) is 17.4 Å². The summed E-state index contributed by atoms with van der Waals surface area (Å²) in [6.07, 6.45) is 2.82. The zero-order chi connectivity index (χ0) is 14.2. The lowest BCUT2D eigenvalue weighted by atomic mass is 10.1. The zero-order valence-electron chi connectivity index (χ0n) is 11.8. The van der Waals surface area contributed by atoms with Gasteiger partial charge in [0.25, 0.3) is 0 Å². The fraction of sp³-hybridized carbons (Fsp3) is 0.294. The highest BCUT2D eigenvalue weighted by Crippen LogP contribution is 2.18. The number of hydrogen-bond donors (Lipinski definition) is 1. The summed E-state index contributed by atoms with van der Waals surface area (Å²) in [6.45, 7) is 7.26. The first-order valence-corrected chi connectivity index (χ1v) is 7.80. The molecule has 106 valence electrons. The van der Waals surface area contributed by atoms with Crippen LogP contribution in [0.1, 0.15) is 18.1 Å². The molecule has 0 fully saturated rings. The van der Waals surface area contributed by atoms with Gasteiger partial charge in [0.05, 0.1) is 0 Å². The van der Waals surface area contributed by atoms with E-state index in [2.05, 4.69) is 41.7 Å². The maximum atomic E-state index is 5.67. The number of ether oxygens (including phenoxy) is 1. The quantitative estimate of drug-likeness (QED) is 0.740. The Balaban J connectivity index is 1.88. The molecule has 2 nitrogen and oxygen atoms in total. The Morgan fingerprint density at radius 2 is 2.20 bits per heavy atom. The molecule has 1 heterocycles. The van der Waals surface area contributed by atoms with E-state index >= 15 is 0 Å². The second-order valence-corrected chi connectivity index (χ2v) is 5.61. The molecule has 0 aliphatic carbocycles. The summed E-state index contributed by atoms with van der Waals surface area (Å²) in [5.41, 5.74) is 2.58. The van der Waals surface area contributed by atoms with Gasteiger partial charge < -0.3 is 10.1 Å². The van der Waals surface area contributed by atoms with Crippen LogP contribution in [0.3, 0.4) is 0 Å². The van der Waals surface area contributed by atoms with Crippen molar-refractivity contribution in [2.24, 2.45) is 0 Å². The molecule has 1 unspecified atom stereocenters. The second kappa shape index (κ2) is 7.88. The standard InChI is InChI=1S/C17H21NOS/c1-3-9-19-17-7-5-4-6-16(17)12-18-14(2)11-15-8-10-20-13-15/h3-8,10,13-14,18H,1,9,11-12H2,2H3. The summed E-state index contributed by atoms with van der Waals surface area (Å²) in [5, 5.41) is 7.89. The van der Waals surface area contributed by atoms with Gasteiger partial charge in [-0.15, -0.1) is 0 Å². The number of rotatable bonds is 8. The third-order valence-corrected chi connectivity index (χ3v) is 3.82. The summed E-state index contributed by atoms with van der Waals surface area (Å²) >= 11 is 1.75. The molecule has 2 aromatic rings. The molecule has 0 radical (unpaired) electrons. The number of nitrogens with one attached hydrogen (secondary N) is 1. The highest BCUT2D eigenvalue weighted by Gasteiger charge is 2.06. The van der Waals surface area contributed by atoms with Crippen LogP contribution < -0.4 is 10.1 Å². The fourth-order valence-electron chi connectivity index (χ4n) is 2.06. The van der Waals surface area contributed by atoms with Crippen LogP contribution in [0.4, 0.5) is 0 Å². The molecular formula is C17H21NOS. The Labute approximate surface area is 125 Å². The molecule has 0 saturated heterocycles. The molecule has 0 spiro atoms. The molecule has 0 aliphatic heterocycles. The maximum absolute atomic E-state index is 5.67. The van der Waals surface area contributed by atoms with E-state index in [0.717, 1.165) is 18.7 Å². The van der Waals surface area contributed by atoms with Gasteiger partial charge in [-0.25, -0.2) is 0 Å². The predicted octanol–water partition coefficient (Wildman–Crippen LogP) is 4.03. The lowest BCUT2D eigenvalue weighted by molar-refractivity contribution is 0.357. The molecular weight excluding hydrogens is 266 g/mol. The lowest BCUT2D eigenvalue weighted by Gasteiger charge is -2.15. The molecule has 0 bridgehead atoms. The lowest BCUT2D eigenvalue weighted by Crippen LogP contribution is -2.27. The van der Waals surface area contributed by atoms with E-state index in [1.165, 1.54) is 11.1 Å². The van der Waals surface area contributed by atoms with E-state index in [4.69, 9.17) is 4.74 Å². The molecule has 0 saturated carbocycles. The van der Waals surface area contributed by atoms with Gasteiger partial charge >= 0.3 is 0 Å². The summed E-state index contributed by atoms with van der Waals surface area (Å²) in [4.78, 5) is 0. The molecule has 0 amide bonds.